The normalized spacial score (nSPS) is 17.9. The molecule has 0 aliphatic carbocycles. The lowest BCUT2D eigenvalue weighted by atomic mass is 9.94. The number of carbonyl (C=O) groups is 1. The molecule has 1 heterocycles. The zero-order valence-corrected chi connectivity index (χ0v) is 13.2. The van der Waals surface area contributed by atoms with Gasteiger partial charge in [-0.05, 0) is 28.8 Å². The van der Waals surface area contributed by atoms with Gasteiger partial charge in [0.1, 0.15) is 5.82 Å². The highest BCUT2D eigenvalue weighted by atomic mass is 19.4. The summed E-state index contributed by atoms with van der Waals surface area (Å²) in [6.45, 7) is 1.77. The Labute approximate surface area is 141 Å². The predicted octanol–water partition coefficient (Wildman–Crippen LogP) is 4.37. The van der Waals surface area contributed by atoms with E-state index in [1.165, 1.54) is 12.1 Å². The molecule has 0 saturated carbocycles. The highest BCUT2D eigenvalue weighted by molar-refractivity contribution is 6.05. The summed E-state index contributed by atoms with van der Waals surface area (Å²) in [5.74, 6) is -1.32. The molecule has 0 bridgehead atoms. The maximum atomic E-state index is 13.2. The number of hydrazone groups is 1. The van der Waals surface area contributed by atoms with Gasteiger partial charge in [-0.15, -0.1) is 0 Å². The third-order valence-electron chi connectivity index (χ3n) is 4.06. The lowest BCUT2D eigenvalue weighted by Crippen LogP contribution is -2.33. The fourth-order valence-electron chi connectivity index (χ4n) is 2.69. The van der Waals surface area contributed by atoms with Crippen molar-refractivity contribution in [3.05, 3.63) is 59.4 Å². The molecule has 1 amide bonds. The maximum Gasteiger partial charge on any atom is 0.417 e. The van der Waals surface area contributed by atoms with Crippen LogP contribution in [0.3, 0.4) is 0 Å². The number of halogens is 4. The topological polar surface area (TPSA) is 41.5 Å². The van der Waals surface area contributed by atoms with E-state index in [4.69, 9.17) is 0 Å². The van der Waals surface area contributed by atoms with Crippen molar-refractivity contribution in [2.45, 2.75) is 19.5 Å². The summed E-state index contributed by atoms with van der Waals surface area (Å²) in [6, 6.07) is 8.95. The van der Waals surface area contributed by atoms with Crippen molar-refractivity contribution in [2.24, 2.45) is 11.0 Å². The smallest absolute Gasteiger partial charge is 0.273 e. The first-order valence-electron chi connectivity index (χ1n) is 7.59. The molecular weight excluding hydrogens is 336 g/mol. The van der Waals surface area contributed by atoms with E-state index >= 15 is 0 Å². The molecule has 0 saturated heterocycles. The molecule has 0 fully saturated rings. The number of hydrogen-bond donors (Lipinski definition) is 1. The molecule has 130 valence electrons. The zero-order valence-electron chi connectivity index (χ0n) is 13.2. The van der Waals surface area contributed by atoms with Crippen LogP contribution in [0.2, 0.25) is 0 Å². The van der Waals surface area contributed by atoms with Crippen LogP contribution in [-0.2, 0) is 11.0 Å². The van der Waals surface area contributed by atoms with Crippen molar-refractivity contribution in [3.8, 4) is 11.1 Å². The number of hydrogen-bond acceptors (Lipinski definition) is 2. The monoisotopic (exact) mass is 350 g/mol. The second-order valence-electron chi connectivity index (χ2n) is 5.90. The van der Waals surface area contributed by atoms with E-state index in [0.29, 0.717) is 29.3 Å². The lowest BCUT2D eigenvalue weighted by molar-refractivity contribution is -0.137. The zero-order chi connectivity index (χ0) is 18.2. The Morgan fingerprint density at radius 2 is 1.72 bits per heavy atom. The van der Waals surface area contributed by atoms with Crippen LogP contribution in [0.5, 0.6) is 0 Å². The van der Waals surface area contributed by atoms with Crippen LogP contribution in [0.1, 0.15) is 24.5 Å². The van der Waals surface area contributed by atoms with Crippen molar-refractivity contribution < 1.29 is 22.4 Å². The quantitative estimate of drug-likeness (QED) is 0.803. The van der Waals surface area contributed by atoms with Gasteiger partial charge in [-0.25, -0.2) is 9.82 Å². The fraction of sp³-hybridized carbons (Fsp3) is 0.222. The van der Waals surface area contributed by atoms with Crippen LogP contribution < -0.4 is 5.43 Å². The van der Waals surface area contributed by atoms with Gasteiger partial charge in [0.25, 0.3) is 0 Å². The number of benzene rings is 2. The van der Waals surface area contributed by atoms with Gasteiger partial charge >= 0.3 is 6.18 Å². The van der Waals surface area contributed by atoms with E-state index in [2.05, 4.69) is 10.5 Å². The summed E-state index contributed by atoms with van der Waals surface area (Å²) in [4.78, 5) is 11.4. The Morgan fingerprint density at radius 3 is 2.32 bits per heavy atom. The standard InChI is InChI=1S/C18H14F4N2O/c1-10-8-16(23-24-17(10)25)12-4-2-11(3-5-12)14-7-6-13(19)9-15(14)18(20,21)22/h2-7,9-10H,8H2,1H3,(H,24,25)/t10-/m0/s1. The number of carbonyl (C=O) groups excluding carboxylic acids is 1. The van der Waals surface area contributed by atoms with Gasteiger partial charge in [0, 0.05) is 12.3 Å². The number of alkyl halides is 3. The van der Waals surface area contributed by atoms with Crippen LogP contribution in [0, 0.1) is 11.7 Å². The van der Waals surface area contributed by atoms with E-state index < -0.39 is 17.6 Å². The Bertz CT molecular complexity index is 841. The van der Waals surface area contributed by atoms with Gasteiger partial charge < -0.3 is 0 Å². The molecule has 1 aliphatic heterocycles. The second-order valence-corrected chi connectivity index (χ2v) is 5.90. The molecule has 1 N–H and O–H groups in total. The van der Waals surface area contributed by atoms with Crippen LogP contribution in [0.25, 0.3) is 11.1 Å². The van der Waals surface area contributed by atoms with E-state index in [0.717, 1.165) is 12.1 Å². The fourth-order valence-corrected chi connectivity index (χ4v) is 2.69. The van der Waals surface area contributed by atoms with Crippen molar-refractivity contribution in [2.75, 3.05) is 0 Å². The number of amides is 1. The first kappa shape index (κ1) is 17.1. The van der Waals surface area contributed by atoms with Gasteiger partial charge in [-0.3, -0.25) is 4.79 Å². The number of rotatable bonds is 2. The van der Waals surface area contributed by atoms with Crippen molar-refractivity contribution >= 4 is 11.6 Å². The van der Waals surface area contributed by atoms with Crippen molar-refractivity contribution in [3.63, 3.8) is 0 Å². The first-order chi connectivity index (χ1) is 11.8. The van der Waals surface area contributed by atoms with E-state index in [1.807, 2.05) is 0 Å². The predicted molar refractivity (Wildman–Crippen MR) is 85.3 cm³/mol. The number of nitrogens with zero attached hydrogens (tertiary/aromatic N) is 1. The average Bonchev–Trinajstić information content (AvgIpc) is 2.57. The average molecular weight is 350 g/mol. The largest absolute Gasteiger partial charge is 0.417 e. The molecule has 3 nitrogen and oxygen atoms in total. The van der Waals surface area contributed by atoms with Crippen LogP contribution in [0.15, 0.2) is 47.6 Å². The summed E-state index contributed by atoms with van der Waals surface area (Å²) >= 11 is 0. The third-order valence-corrected chi connectivity index (χ3v) is 4.06. The Kier molecular flexibility index (Phi) is 4.32. The van der Waals surface area contributed by atoms with E-state index in [-0.39, 0.29) is 17.4 Å². The van der Waals surface area contributed by atoms with Gasteiger partial charge in [-0.2, -0.15) is 18.3 Å². The SMILES string of the molecule is C[C@H]1CC(c2ccc(-c3ccc(F)cc3C(F)(F)F)cc2)=NNC1=O. The molecular formula is C18H14F4N2O. The van der Waals surface area contributed by atoms with Gasteiger partial charge in [0.2, 0.25) is 5.91 Å². The first-order valence-corrected chi connectivity index (χ1v) is 7.59. The summed E-state index contributed by atoms with van der Waals surface area (Å²) in [5, 5.41) is 3.99. The van der Waals surface area contributed by atoms with Crippen LogP contribution in [-0.4, -0.2) is 11.6 Å². The Balaban J connectivity index is 1.95. The molecule has 1 aliphatic rings. The second kappa shape index (κ2) is 6.31. The molecule has 25 heavy (non-hydrogen) atoms. The summed E-state index contributed by atoms with van der Waals surface area (Å²) in [5.41, 5.74) is 3.01. The van der Waals surface area contributed by atoms with Gasteiger partial charge in [0.15, 0.2) is 0 Å². The molecule has 1 atom stereocenters. The third kappa shape index (κ3) is 3.55. The molecule has 3 rings (SSSR count). The summed E-state index contributed by atoms with van der Waals surface area (Å²) in [7, 11) is 0. The molecule has 0 unspecified atom stereocenters. The Hall–Kier alpha value is -2.70. The molecule has 2 aromatic rings. The molecule has 0 spiro atoms. The molecule has 2 aromatic carbocycles. The lowest BCUT2D eigenvalue weighted by Gasteiger charge is -2.18. The van der Waals surface area contributed by atoms with Crippen LogP contribution in [0.4, 0.5) is 17.6 Å². The molecule has 0 aromatic heterocycles. The van der Waals surface area contributed by atoms with E-state index in [1.54, 1.807) is 19.1 Å². The van der Waals surface area contributed by atoms with E-state index in [9.17, 15) is 22.4 Å². The van der Waals surface area contributed by atoms with Gasteiger partial charge in [-0.1, -0.05) is 37.3 Å². The molecule has 7 heteroatoms. The number of nitrogens with one attached hydrogen (secondary N) is 1. The highest BCUT2D eigenvalue weighted by Gasteiger charge is 2.34. The summed E-state index contributed by atoms with van der Waals surface area (Å²) < 4.78 is 52.6. The molecule has 0 radical (unpaired) electrons. The Morgan fingerprint density at radius 1 is 1.08 bits per heavy atom. The minimum atomic E-state index is -4.65. The highest BCUT2D eigenvalue weighted by Crippen LogP contribution is 2.37. The minimum absolute atomic E-state index is 0.0901. The van der Waals surface area contributed by atoms with Gasteiger partial charge in [0.05, 0.1) is 11.3 Å². The maximum absolute atomic E-state index is 13.2. The van der Waals surface area contributed by atoms with Crippen molar-refractivity contribution in [1.29, 1.82) is 0 Å². The van der Waals surface area contributed by atoms with Crippen LogP contribution >= 0.6 is 0 Å². The minimum Gasteiger partial charge on any atom is -0.273 e. The van der Waals surface area contributed by atoms with Crippen molar-refractivity contribution in [1.82, 2.24) is 5.43 Å². The summed E-state index contributed by atoms with van der Waals surface area (Å²) in [6.07, 6.45) is -4.20.